The number of hydrogen-bond acceptors (Lipinski definition) is 3. The molecule has 4 fully saturated rings. The highest BCUT2D eigenvalue weighted by Crippen LogP contribution is 2.60. The van der Waals surface area contributed by atoms with Gasteiger partial charge in [-0.2, -0.15) is 5.10 Å². The predicted molar refractivity (Wildman–Crippen MR) is 73.9 cm³/mol. The molecule has 0 aromatic heterocycles. The van der Waals surface area contributed by atoms with Gasteiger partial charge in [-0.1, -0.05) is 0 Å². The summed E-state index contributed by atoms with van der Waals surface area (Å²) < 4.78 is 4.85. The Morgan fingerprint density at radius 2 is 1.74 bits per heavy atom. The number of amides is 1. The third-order valence-corrected chi connectivity index (χ3v) is 5.40. The molecule has 0 heterocycles. The van der Waals surface area contributed by atoms with Crippen LogP contribution in [0.4, 0.5) is 4.79 Å². The molecule has 4 bridgehead atoms. The van der Waals surface area contributed by atoms with Gasteiger partial charge in [0, 0.05) is 11.1 Å². The summed E-state index contributed by atoms with van der Waals surface area (Å²) in [6, 6.07) is 0. The number of carbonyl (C=O) groups is 1. The van der Waals surface area contributed by atoms with E-state index in [2.05, 4.69) is 17.5 Å². The first-order valence-corrected chi connectivity index (χ1v) is 7.59. The van der Waals surface area contributed by atoms with Gasteiger partial charge in [0.25, 0.3) is 0 Å². The Morgan fingerprint density at radius 1 is 1.21 bits per heavy atom. The Bertz CT molecular complexity index is 368. The van der Waals surface area contributed by atoms with Crippen LogP contribution in [0.1, 0.15) is 52.4 Å². The van der Waals surface area contributed by atoms with Gasteiger partial charge < -0.3 is 4.74 Å². The Balaban J connectivity index is 1.70. The van der Waals surface area contributed by atoms with Crippen LogP contribution in [0.15, 0.2) is 5.10 Å². The summed E-state index contributed by atoms with van der Waals surface area (Å²) in [5.74, 6) is 2.71. The number of hydrogen-bond donors (Lipinski definition) is 1. The summed E-state index contributed by atoms with van der Waals surface area (Å²) in [5.41, 5.74) is 3.92. The maximum atomic E-state index is 11.3. The van der Waals surface area contributed by atoms with Crippen LogP contribution in [0, 0.1) is 23.2 Å². The first-order chi connectivity index (χ1) is 9.11. The van der Waals surface area contributed by atoms with Crippen molar-refractivity contribution < 1.29 is 9.53 Å². The van der Waals surface area contributed by atoms with Gasteiger partial charge in [-0.15, -0.1) is 0 Å². The number of carbonyl (C=O) groups excluding carboxylic acids is 1. The average molecular weight is 264 g/mol. The molecule has 0 saturated heterocycles. The molecule has 4 aliphatic carbocycles. The minimum Gasteiger partial charge on any atom is -0.449 e. The van der Waals surface area contributed by atoms with Crippen LogP contribution in [0.5, 0.6) is 0 Å². The molecule has 0 aromatic carbocycles. The Kier molecular flexibility index (Phi) is 3.27. The molecule has 0 aromatic rings. The van der Waals surface area contributed by atoms with Gasteiger partial charge in [0.1, 0.15) is 0 Å². The number of nitrogens with one attached hydrogen (secondary N) is 1. The number of hydrazone groups is 1. The molecule has 4 aliphatic rings. The quantitative estimate of drug-likeness (QED) is 0.628. The highest BCUT2D eigenvalue weighted by Gasteiger charge is 2.52. The summed E-state index contributed by atoms with van der Waals surface area (Å²) in [6.45, 7) is 4.27. The largest absolute Gasteiger partial charge is 0.449 e. The maximum absolute atomic E-state index is 11.3. The minimum absolute atomic E-state index is 0.272. The first-order valence-electron chi connectivity index (χ1n) is 7.59. The highest BCUT2D eigenvalue weighted by molar-refractivity contribution is 5.89. The van der Waals surface area contributed by atoms with Crippen molar-refractivity contribution in [2.45, 2.75) is 52.4 Å². The summed E-state index contributed by atoms with van der Waals surface area (Å²) in [7, 11) is 0. The van der Waals surface area contributed by atoms with Crippen molar-refractivity contribution in [3.8, 4) is 0 Å². The molecule has 0 atom stereocenters. The number of rotatable bonds is 3. The van der Waals surface area contributed by atoms with Crippen LogP contribution in [0.25, 0.3) is 0 Å². The van der Waals surface area contributed by atoms with Gasteiger partial charge in [-0.05, 0) is 70.1 Å². The lowest BCUT2D eigenvalue weighted by molar-refractivity contribution is -0.0128. The molecule has 0 radical (unpaired) electrons. The van der Waals surface area contributed by atoms with Gasteiger partial charge in [-0.25, -0.2) is 10.2 Å². The van der Waals surface area contributed by atoms with Gasteiger partial charge in [0.05, 0.1) is 6.61 Å². The predicted octanol–water partition coefficient (Wildman–Crippen LogP) is 3.32. The summed E-state index contributed by atoms with van der Waals surface area (Å²) in [5, 5.41) is 4.32. The second kappa shape index (κ2) is 4.80. The molecule has 4 nitrogen and oxygen atoms in total. The van der Waals surface area contributed by atoms with E-state index in [1.165, 1.54) is 38.5 Å². The molecule has 1 amide bonds. The standard InChI is InChI=1S/C15H24N2O2/c1-3-19-14(18)17-16-10(2)15-7-11-4-12(8-15)6-13(5-11)9-15/h11-13H,3-9H2,1-2H3,(H,17,18)/b16-10-. The molecular formula is C15H24N2O2. The molecule has 0 aliphatic heterocycles. The SMILES string of the molecule is CCOC(=O)N/N=C(/C)C12CC3CC(CC(C3)C1)C2. The summed E-state index contributed by atoms with van der Waals surface area (Å²) in [6.07, 6.45) is 7.68. The van der Waals surface area contributed by atoms with Crippen molar-refractivity contribution in [1.29, 1.82) is 0 Å². The second-order valence-electron chi connectivity index (χ2n) is 6.73. The molecule has 106 valence electrons. The molecule has 0 spiro atoms. The zero-order valence-electron chi connectivity index (χ0n) is 11.9. The van der Waals surface area contributed by atoms with E-state index in [0.29, 0.717) is 6.61 Å². The Hall–Kier alpha value is -1.06. The zero-order valence-corrected chi connectivity index (χ0v) is 11.9. The molecular weight excluding hydrogens is 240 g/mol. The second-order valence-corrected chi connectivity index (χ2v) is 6.73. The third-order valence-electron chi connectivity index (χ3n) is 5.40. The van der Waals surface area contributed by atoms with E-state index in [0.717, 1.165) is 23.5 Å². The fraction of sp³-hybridized carbons (Fsp3) is 0.867. The van der Waals surface area contributed by atoms with E-state index < -0.39 is 6.09 Å². The van der Waals surface area contributed by atoms with E-state index in [-0.39, 0.29) is 5.41 Å². The third kappa shape index (κ3) is 2.37. The van der Waals surface area contributed by atoms with Gasteiger partial charge >= 0.3 is 6.09 Å². The molecule has 19 heavy (non-hydrogen) atoms. The fourth-order valence-corrected chi connectivity index (χ4v) is 4.97. The van der Waals surface area contributed by atoms with Crippen molar-refractivity contribution in [1.82, 2.24) is 5.43 Å². The van der Waals surface area contributed by atoms with E-state index >= 15 is 0 Å². The van der Waals surface area contributed by atoms with Crippen molar-refractivity contribution in [2.24, 2.45) is 28.3 Å². The lowest BCUT2D eigenvalue weighted by atomic mass is 9.48. The van der Waals surface area contributed by atoms with E-state index in [9.17, 15) is 4.79 Å². The Labute approximate surface area is 115 Å². The van der Waals surface area contributed by atoms with Gasteiger partial charge in [0.15, 0.2) is 0 Å². The smallest absolute Gasteiger partial charge is 0.427 e. The molecule has 1 N–H and O–H groups in total. The van der Waals surface area contributed by atoms with Crippen LogP contribution < -0.4 is 5.43 Å². The summed E-state index contributed by atoms with van der Waals surface area (Å²) in [4.78, 5) is 11.3. The molecule has 4 saturated carbocycles. The van der Waals surface area contributed by atoms with Crippen molar-refractivity contribution >= 4 is 11.8 Å². The Morgan fingerprint density at radius 3 is 2.21 bits per heavy atom. The lowest BCUT2D eigenvalue weighted by Gasteiger charge is -2.56. The van der Waals surface area contributed by atoms with Crippen LogP contribution in [-0.2, 0) is 4.74 Å². The minimum atomic E-state index is -0.438. The van der Waals surface area contributed by atoms with Crippen LogP contribution in [-0.4, -0.2) is 18.4 Å². The number of nitrogens with zero attached hydrogens (tertiary/aromatic N) is 1. The van der Waals surface area contributed by atoms with Crippen LogP contribution in [0.2, 0.25) is 0 Å². The monoisotopic (exact) mass is 264 g/mol. The molecule has 0 unspecified atom stereocenters. The summed E-state index contributed by atoms with van der Waals surface area (Å²) >= 11 is 0. The van der Waals surface area contributed by atoms with Crippen molar-refractivity contribution in [3.63, 3.8) is 0 Å². The van der Waals surface area contributed by atoms with Crippen molar-refractivity contribution in [2.75, 3.05) is 6.61 Å². The topological polar surface area (TPSA) is 50.7 Å². The van der Waals surface area contributed by atoms with Crippen LogP contribution >= 0.6 is 0 Å². The molecule has 4 rings (SSSR count). The van der Waals surface area contributed by atoms with Crippen LogP contribution in [0.3, 0.4) is 0 Å². The molecule has 4 heteroatoms. The highest BCUT2D eigenvalue weighted by atomic mass is 16.5. The fourth-order valence-electron chi connectivity index (χ4n) is 4.97. The average Bonchev–Trinajstić information content (AvgIpc) is 2.34. The normalized spacial score (nSPS) is 40.3. The van der Waals surface area contributed by atoms with E-state index in [1.807, 2.05) is 0 Å². The van der Waals surface area contributed by atoms with E-state index in [1.54, 1.807) is 6.92 Å². The van der Waals surface area contributed by atoms with Gasteiger partial charge in [0.2, 0.25) is 0 Å². The van der Waals surface area contributed by atoms with Crippen molar-refractivity contribution in [3.05, 3.63) is 0 Å². The maximum Gasteiger partial charge on any atom is 0.427 e. The first kappa shape index (κ1) is 12.9. The zero-order chi connectivity index (χ0) is 13.5. The lowest BCUT2D eigenvalue weighted by Crippen LogP contribution is -2.49. The van der Waals surface area contributed by atoms with E-state index in [4.69, 9.17) is 4.74 Å². The van der Waals surface area contributed by atoms with Gasteiger partial charge in [-0.3, -0.25) is 0 Å². The number of ether oxygens (including phenoxy) is 1.